The standard InChI is InChI=1S/C17H12ClNO3/c18-15-3-1-2-4-16(15)22-14-7-5-13(6-8-14)19-17(20)12-9-10-21-11-12/h1-11H,(H,19,20). The predicted octanol–water partition coefficient (Wildman–Crippen LogP) is 4.98. The maximum atomic E-state index is 11.9. The molecule has 2 aromatic carbocycles. The molecular formula is C17H12ClNO3. The van der Waals surface area contributed by atoms with Crippen LogP contribution in [0.25, 0.3) is 0 Å². The fraction of sp³-hybridized carbons (Fsp3) is 0. The van der Waals surface area contributed by atoms with Crippen molar-refractivity contribution in [3.63, 3.8) is 0 Å². The van der Waals surface area contributed by atoms with Gasteiger partial charge in [0.25, 0.3) is 5.91 Å². The quantitative estimate of drug-likeness (QED) is 0.739. The molecule has 1 amide bonds. The Labute approximate surface area is 132 Å². The third-order valence-electron chi connectivity index (χ3n) is 2.96. The smallest absolute Gasteiger partial charge is 0.258 e. The van der Waals surface area contributed by atoms with Crippen LogP contribution >= 0.6 is 11.6 Å². The number of halogens is 1. The molecule has 0 atom stereocenters. The van der Waals surface area contributed by atoms with Crippen molar-refractivity contribution in [2.24, 2.45) is 0 Å². The number of furan rings is 1. The van der Waals surface area contributed by atoms with Crippen molar-refractivity contribution in [3.05, 3.63) is 77.7 Å². The van der Waals surface area contributed by atoms with E-state index >= 15 is 0 Å². The van der Waals surface area contributed by atoms with Crippen molar-refractivity contribution in [2.75, 3.05) is 5.32 Å². The summed E-state index contributed by atoms with van der Waals surface area (Å²) in [6.07, 6.45) is 2.85. The second-order valence-electron chi connectivity index (χ2n) is 4.52. The van der Waals surface area contributed by atoms with Crippen LogP contribution in [0.1, 0.15) is 10.4 Å². The Morgan fingerprint density at radius 2 is 1.82 bits per heavy atom. The number of para-hydroxylation sites is 1. The highest BCUT2D eigenvalue weighted by Gasteiger charge is 2.07. The van der Waals surface area contributed by atoms with Gasteiger partial charge >= 0.3 is 0 Å². The molecule has 0 spiro atoms. The minimum atomic E-state index is -0.228. The molecule has 1 N–H and O–H groups in total. The van der Waals surface area contributed by atoms with Crippen LogP contribution in [0.3, 0.4) is 0 Å². The highest BCUT2D eigenvalue weighted by Crippen LogP contribution is 2.29. The molecule has 0 aliphatic heterocycles. The Bertz CT molecular complexity index is 767. The molecule has 110 valence electrons. The second kappa shape index (κ2) is 6.37. The van der Waals surface area contributed by atoms with Gasteiger partial charge in [-0.05, 0) is 42.5 Å². The van der Waals surface area contributed by atoms with Gasteiger partial charge < -0.3 is 14.5 Å². The molecule has 0 aliphatic rings. The van der Waals surface area contributed by atoms with Crippen molar-refractivity contribution >= 4 is 23.2 Å². The molecule has 5 heteroatoms. The van der Waals surface area contributed by atoms with E-state index in [9.17, 15) is 4.79 Å². The van der Waals surface area contributed by atoms with Crippen molar-refractivity contribution in [1.29, 1.82) is 0 Å². The largest absolute Gasteiger partial charge is 0.472 e. The van der Waals surface area contributed by atoms with Gasteiger partial charge in [0.1, 0.15) is 17.8 Å². The maximum Gasteiger partial charge on any atom is 0.258 e. The number of hydrogen-bond acceptors (Lipinski definition) is 3. The van der Waals surface area contributed by atoms with E-state index in [1.807, 2.05) is 12.1 Å². The van der Waals surface area contributed by atoms with Gasteiger partial charge in [0.15, 0.2) is 0 Å². The Morgan fingerprint density at radius 1 is 1.05 bits per heavy atom. The molecule has 0 saturated heterocycles. The Kier molecular flexibility index (Phi) is 4.12. The molecule has 1 heterocycles. The first-order chi connectivity index (χ1) is 10.7. The van der Waals surface area contributed by atoms with Gasteiger partial charge in [-0.15, -0.1) is 0 Å². The van der Waals surface area contributed by atoms with Crippen LogP contribution in [0.4, 0.5) is 5.69 Å². The number of benzene rings is 2. The molecule has 0 bridgehead atoms. The molecule has 0 aliphatic carbocycles. The van der Waals surface area contributed by atoms with E-state index in [0.29, 0.717) is 27.8 Å². The molecule has 0 unspecified atom stereocenters. The lowest BCUT2D eigenvalue weighted by Gasteiger charge is -2.08. The van der Waals surface area contributed by atoms with Crippen LogP contribution < -0.4 is 10.1 Å². The predicted molar refractivity (Wildman–Crippen MR) is 84.6 cm³/mol. The van der Waals surface area contributed by atoms with Crippen LogP contribution in [-0.4, -0.2) is 5.91 Å². The van der Waals surface area contributed by atoms with Gasteiger partial charge in [-0.25, -0.2) is 0 Å². The number of ether oxygens (including phenoxy) is 1. The Morgan fingerprint density at radius 3 is 2.50 bits per heavy atom. The van der Waals surface area contributed by atoms with Gasteiger partial charge in [0.05, 0.1) is 16.8 Å². The zero-order valence-corrected chi connectivity index (χ0v) is 12.2. The van der Waals surface area contributed by atoms with Crippen LogP contribution in [0, 0.1) is 0 Å². The summed E-state index contributed by atoms with van der Waals surface area (Å²) in [6, 6.07) is 15.9. The summed E-state index contributed by atoms with van der Waals surface area (Å²) in [4.78, 5) is 11.9. The van der Waals surface area contributed by atoms with E-state index in [1.54, 1.807) is 42.5 Å². The number of rotatable bonds is 4. The van der Waals surface area contributed by atoms with Gasteiger partial charge in [0, 0.05) is 5.69 Å². The lowest BCUT2D eigenvalue weighted by Crippen LogP contribution is -2.10. The number of carbonyl (C=O) groups is 1. The third-order valence-corrected chi connectivity index (χ3v) is 3.27. The number of nitrogens with one attached hydrogen (secondary N) is 1. The molecule has 22 heavy (non-hydrogen) atoms. The summed E-state index contributed by atoms with van der Waals surface area (Å²) in [6.45, 7) is 0. The summed E-state index contributed by atoms with van der Waals surface area (Å²) >= 11 is 6.04. The lowest BCUT2D eigenvalue weighted by molar-refractivity contribution is 0.102. The first kappa shape index (κ1) is 14.2. The van der Waals surface area contributed by atoms with Crippen LogP contribution in [0.15, 0.2) is 71.5 Å². The highest BCUT2D eigenvalue weighted by atomic mass is 35.5. The van der Waals surface area contributed by atoms with Crippen molar-refractivity contribution in [3.8, 4) is 11.5 Å². The van der Waals surface area contributed by atoms with Crippen LogP contribution in [0.5, 0.6) is 11.5 Å². The summed E-state index contributed by atoms with van der Waals surface area (Å²) in [7, 11) is 0. The first-order valence-corrected chi connectivity index (χ1v) is 6.96. The van der Waals surface area contributed by atoms with Crippen LogP contribution in [0.2, 0.25) is 5.02 Å². The topological polar surface area (TPSA) is 51.5 Å². The van der Waals surface area contributed by atoms with E-state index in [2.05, 4.69) is 5.32 Å². The van der Waals surface area contributed by atoms with E-state index in [0.717, 1.165) is 0 Å². The molecule has 1 aromatic heterocycles. The highest BCUT2D eigenvalue weighted by molar-refractivity contribution is 6.32. The molecule has 4 nitrogen and oxygen atoms in total. The normalized spacial score (nSPS) is 10.2. The summed E-state index contributed by atoms with van der Waals surface area (Å²) in [5.74, 6) is 0.988. The fourth-order valence-electron chi connectivity index (χ4n) is 1.86. The van der Waals surface area contributed by atoms with Crippen LogP contribution in [-0.2, 0) is 0 Å². The monoisotopic (exact) mass is 313 g/mol. The molecule has 0 fully saturated rings. The maximum absolute atomic E-state index is 11.9. The molecule has 0 saturated carbocycles. The zero-order chi connectivity index (χ0) is 15.4. The summed E-state index contributed by atoms with van der Waals surface area (Å²) in [5.41, 5.74) is 1.13. The van der Waals surface area contributed by atoms with Gasteiger partial charge in [-0.2, -0.15) is 0 Å². The van der Waals surface area contributed by atoms with E-state index in [1.165, 1.54) is 12.5 Å². The second-order valence-corrected chi connectivity index (χ2v) is 4.93. The molecule has 3 rings (SSSR count). The van der Waals surface area contributed by atoms with E-state index in [-0.39, 0.29) is 5.91 Å². The minimum Gasteiger partial charge on any atom is -0.472 e. The third kappa shape index (κ3) is 3.30. The lowest BCUT2D eigenvalue weighted by atomic mass is 10.2. The van der Waals surface area contributed by atoms with Crippen molar-refractivity contribution in [1.82, 2.24) is 0 Å². The number of hydrogen-bond donors (Lipinski definition) is 1. The zero-order valence-electron chi connectivity index (χ0n) is 11.5. The number of carbonyl (C=O) groups excluding carboxylic acids is 1. The van der Waals surface area contributed by atoms with Gasteiger partial charge in [-0.3, -0.25) is 4.79 Å². The molecule has 3 aromatic rings. The van der Waals surface area contributed by atoms with Crippen molar-refractivity contribution in [2.45, 2.75) is 0 Å². The van der Waals surface area contributed by atoms with Gasteiger partial charge in [0.2, 0.25) is 0 Å². The minimum absolute atomic E-state index is 0.228. The fourth-order valence-corrected chi connectivity index (χ4v) is 2.03. The molecular weight excluding hydrogens is 302 g/mol. The molecule has 0 radical (unpaired) electrons. The van der Waals surface area contributed by atoms with E-state index in [4.69, 9.17) is 20.8 Å². The number of anilines is 1. The average molecular weight is 314 g/mol. The Hall–Kier alpha value is -2.72. The first-order valence-electron chi connectivity index (χ1n) is 6.58. The number of amides is 1. The summed E-state index contributed by atoms with van der Waals surface area (Å²) in [5, 5.41) is 3.31. The van der Waals surface area contributed by atoms with E-state index < -0.39 is 0 Å². The van der Waals surface area contributed by atoms with Gasteiger partial charge in [-0.1, -0.05) is 23.7 Å². The summed E-state index contributed by atoms with van der Waals surface area (Å²) < 4.78 is 10.6. The Balaban J connectivity index is 1.68. The SMILES string of the molecule is O=C(Nc1ccc(Oc2ccccc2Cl)cc1)c1ccoc1. The average Bonchev–Trinajstić information content (AvgIpc) is 3.06. The van der Waals surface area contributed by atoms with Crippen molar-refractivity contribution < 1.29 is 13.9 Å².